The third kappa shape index (κ3) is 6.34. The molecule has 0 aromatic heterocycles. The maximum atomic E-state index is 10.9. The van der Waals surface area contributed by atoms with Gasteiger partial charge in [-0.3, -0.25) is 4.79 Å². The number of ketones is 1. The van der Waals surface area contributed by atoms with Crippen LogP contribution in [-0.2, 0) is 17.4 Å². The van der Waals surface area contributed by atoms with E-state index in [0.717, 1.165) is 5.69 Å². The van der Waals surface area contributed by atoms with Gasteiger partial charge in [0, 0.05) is 5.69 Å². The minimum atomic E-state index is -0.672. The van der Waals surface area contributed by atoms with Crippen LogP contribution in [0, 0.1) is 0 Å². The van der Waals surface area contributed by atoms with Crippen molar-refractivity contribution in [3.05, 3.63) is 30.3 Å². The molecule has 1 unspecified atom stereocenters. The maximum Gasteiger partial charge on any atom is 1.00 e. The van der Waals surface area contributed by atoms with E-state index in [1.165, 1.54) is 6.92 Å². The zero-order valence-electron chi connectivity index (χ0n) is 9.19. The molecule has 3 nitrogen and oxygen atoms in total. The van der Waals surface area contributed by atoms with Crippen molar-refractivity contribution in [1.29, 1.82) is 0 Å². The second-order valence-corrected chi connectivity index (χ2v) is 3.83. The van der Waals surface area contributed by atoms with Crippen molar-refractivity contribution in [1.82, 2.24) is 5.32 Å². The van der Waals surface area contributed by atoms with Gasteiger partial charge in [-0.1, -0.05) is 18.2 Å². The number of nitrogens with one attached hydrogen (secondary N) is 2. The van der Waals surface area contributed by atoms with E-state index in [-0.39, 0.29) is 57.2 Å². The topological polar surface area (TPSA) is 41.1 Å². The molecule has 1 atom stereocenters. The fraction of sp³-hybridized carbons (Fsp3) is 0.200. The summed E-state index contributed by atoms with van der Waals surface area (Å²) in [5.41, 5.74) is 0.862. The van der Waals surface area contributed by atoms with Crippen LogP contribution < -0.4 is 62.0 Å². The Morgan fingerprint density at radius 1 is 1.38 bits per heavy atom. The first-order valence-electron chi connectivity index (χ1n) is 4.38. The van der Waals surface area contributed by atoms with Crippen LogP contribution in [0.4, 0.5) is 5.69 Å². The summed E-state index contributed by atoms with van der Waals surface area (Å²) >= 11 is 9.86. The van der Waals surface area contributed by atoms with Crippen LogP contribution in [0.15, 0.2) is 30.3 Å². The molecule has 0 amide bonds. The second kappa shape index (κ2) is 8.63. The fourth-order valence-corrected chi connectivity index (χ4v) is 1.34. The number of rotatable bonds is 3. The fourth-order valence-electron chi connectivity index (χ4n) is 0.909. The Morgan fingerprint density at radius 3 is 2.44 bits per heavy atom. The molecule has 1 aromatic carbocycles. The molecular weight excluding hydrogens is 267 g/mol. The predicted molar refractivity (Wildman–Crippen MR) is 67.6 cm³/mol. The van der Waals surface area contributed by atoms with Gasteiger partial charge in [0.2, 0.25) is 0 Å². The summed E-state index contributed by atoms with van der Waals surface area (Å²) in [5, 5.41) is 5.33. The molecule has 6 heteroatoms. The first-order valence-corrected chi connectivity index (χ1v) is 5.26. The average molecular weight is 278 g/mol. The first-order chi connectivity index (χ1) is 7.09. The van der Waals surface area contributed by atoms with Crippen molar-refractivity contribution in [2.45, 2.75) is 12.3 Å². The molecule has 0 bridgehead atoms. The quantitative estimate of drug-likeness (QED) is 0.398. The molecule has 0 fully saturated rings. The van der Waals surface area contributed by atoms with Gasteiger partial charge >= 0.3 is 51.4 Å². The number of anilines is 1. The zero-order chi connectivity index (χ0) is 11.3. The largest absolute Gasteiger partial charge is 1.00 e. The summed E-state index contributed by atoms with van der Waals surface area (Å²) in [7, 11) is 0. The summed E-state index contributed by atoms with van der Waals surface area (Å²) in [6.45, 7) is 1.43. The number of benzene rings is 1. The van der Waals surface area contributed by atoms with E-state index in [9.17, 15) is 4.79 Å². The van der Waals surface area contributed by atoms with Crippen molar-refractivity contribution in [3.8, 4) is 0 Å². The zero-order valence-corrected chi connectivity index (χ0v) is 13.9. The first kappa shape index (κ1) is 16.6. The van der Waals surface area contributed by atoms with E-state index in [1.807, 2.05) is 30.3 Å². The predicted octanol–water partition coefficient (Wildman–Crippen LogP) is -1.56. The summed E-state index contributed by atoms with van der Waals surface area (Å²) < 4.78 is 0. The van der Waals surface area contributed by atoms with Crippen LogP contribution >= 0.6 is 12.2 Å². The van der Waals surface area contributed by atoms with Crippen LogP contribution in [0.1, 0.15) is 6.92 Å². The Labute approximate surface area is 149 Å². The Balaban J connectivity index is 0.00000225. The van der Waals surface area contributed by atoms with E-state index in [4.69, 9.17) is 24.8 Å². The Kier molecular flexibility index (Phi) is 8.93. The van der Waals surface area contributed by atoms with Gasteiger partial charge in [-0.25, -0.2) is 0 Å². The maximum absolute atomic E-state index is 10.9. The van der Waals surface area contributed by atoms with Crippen LogP contribution in [-0.4, -0.2) is 16.3 Å². The van der Waals surface area contributed by atoms with E-state index in [0.29, 0.717) is 5.11 Å². The summed E-state index contributed by atoms with van der Waals surface area (Å²) in [4.78, 5) is 10.9. The number of Topliss-reactive ketones (excluding diaryl/α,β-unsaturated/α-hetero) is 1. The molecule has 0 saturated carbocycles. The number of thiocarbonyl (C=S) groups is 1. The SMILES string of the molecule is CC(=O)C([S-])NC(=S)Nc1ccccc1.[K+]. The van der Waals surface area contributed by atoms with E-state index < -0.39 is 5.37 Å². The Hall–Kier alpha value is 0.566. The molecule has 0 radical (unpaired) electrons. The smallest absolute Gasteiger partial charge is 0.761 e. The number of carbonyl (C=O) groups excluding carboxylic acids is 1. The number of hydrogen-bond acceptors (Lipinski definition) is 3. The van der Waals surface area contributed by atoms with Gasteiger partial charge in [-0.05, 0) is 36.6 Å². The molecule has 80 valence electrons. The van der Waals surface area contributed by atoms with Gasteiger partial charge in [0.15, 0.2) is 5.11 Å². The van der Waals surface area contributed by atoms with E-state index in [2.05, 4.69) is 10.6 Å². The molecule has 1 rings (SSSR count). The molecule has 2 N–H and O–H groups in total. The van der Waals surface area contributed by atoms with Crippen LogP contribution in [0.5, 0.6) is 0 Å². The summed E-state index contributed by atoms with van der Waals surface area (Å²) in [5.74, 6) is -0.123. The number of hydrogen-bond donors (Lipinski definition) is 2. The molecule has 0 heterocycles. The molecule has 1 aromatic rings. The normalized spacial score (nSPS) is 10.9. The van der Waals surface area contributed by atoms with Gasteiger partial charge in [0.05, 0.1) is 0 Å². The third-order valence-corrected chi connectivity index (χ3v) is 2.33. The summed E-state index contributed by atoms with van der Waals surface area (Å²) in [6.07, 6.45) is 0. The van der Waals surface area contributed by atoms with Gasteiger partial charge in [-0.15, -0.1) is 0 Å². The average Bonchev–Trinajstić information content (AvgIpc) is 2.18. The van der Waals surface area contributed by atoms with Crippen molar-refractivity contribution in [2.75, 3.05) is 5.32 Å². The molecule has 0 aliphatic rings. The van der Waals surface area contributed by atoms with Crippen LogP contribution in [0.3, 0.4) is 0 Å². The second-order valence-electron chi connectivity index (χ2n) is 2.96. The van der Waals surface area contributed by atoms with Gasteiger partial charge < -0.3 is 23.3 Å². The van der Waals surface area contributed by atoms with Crippen molar-refractivity contribution in [2.24, 2.45) is 0 Å². The monoisotopic (exact) mass is 278 g/mol. The van der Waals surface area contributed by atoms with Gasteiger partial charge in [-0.2, -0.15) is 0 Å². The Morgan fingerprint density at radius 2 is 1.94 bits per heavy atom. The van der Waals surface area contributed by atoms with Crippen LogP contribution in [0.25, 0.3) is 0 Å². The standard InChI is InChI=1S/C10H12N2OS2.K/c1-7(13)9(14)12-10(15)11-8-5-3-2-4-6-8;/h2-6,9,14H,1H3,(H2,11,12,15);/q;+1/p-1. The van der Waals surface area contributed by atoms with Gasteiger partial charge in [0.25, 0.3) is 0 Å². The molecule has 0 aliphatic carbocycles. The van der Waals surface area contributed by atoms with Crippen molar-refractivity contribution < 1.29 is 56.2 Å². The Bertz CT molecular complexity index is 359. The van der Waals surface area contributed by atoms with Gasteiger partial charge in [0.1, 0.15) is 5.78 Å². The molecular formula is C10H11KN2OS2. The van der Waals surface area contributed by atoms with E-state index in [1.54, 1.807) is 0 Å². The minimum Gasteiger partial charge on any atom is -0.761 e. The van der Waals surface area contributed by atoms with Crippen molar-refractivity contribution in [3.63, 3.8) is 0 Å². The molecule has 16 heavy (non-hydrogen) atoms. The molecule has 0 aliphatic heterocycles. The van der Waals surface area contributed by atoms with Crippen molar-refractivity contribution >= 4 is 41.4 Å². The van der Waals surface area contributed by atoms with E-state index >= 15 is 0 Å². The third-order valence-electron chi connectivity index (χ3n) is 1.66. The number of para-hydroxylation sites is 1. The molecule has 0 saturated heterocycles. The molecule has 0 spiro atoms. The van der Waals surface area contributed by atoms with Crippen LogP contribution in [0.2, 0.25) is 0 Å². The number of carbonyl (C=O) groups is 1. The summed E-state index contributed by atoms with van der Waals surface area (Å²) in [6, 6.07) is 9.44. The minimum absolute atomic E-state index is 0.